The van der Waals surface area contributed by atoms with Crippen molar-refractivity contribution in [2.45, 2.75) is 13.1 Å². The molecule has 1 aromatic carbocycles. The van der Waals surface area contributed by atoms with E-state index < -0.39 is 63.5 Å². The maximum absolute atomic E-state index is 13.6. The van der Waals surface area contributed by atoms with Crippen LogP contribution in [-0.4, -0.2) is 21.7 Å². The van der Waals surface area contributed by atoms with Crippen molar-refractivity contribution < 1.29 is 39.9 Å². The van der Waals surface area contributed by atoms with Gasteiger partial charge in [0.2, 0.25) is 5.82 Å². The quantitative estimate of drug-likeness (QED) is 0.388. The average Bonchev–Trinajstić information content (AvgIpc) is 2.76. The standard InChI is InChI=1S/C12H4F8N2O2/c1-2-3(10(23)12(18,19)20)11(24)22(21-2)9-7(16)5(14)4(13)6(15)8(9)17/h21H,1H3. The topological polar surface area (TPSA) is 54.9 Å². The van der Waals surface area contributed by atoms with Crippen molar-refractivity contribution in [3.8, 4) is 5.69 Å². The first kappa shape index (κ1) is 17.7. The number of benzene rings is 1. The van der Waals surface area contributed by atoms with E-state index in [1.807, 2.05) is 0 Å². The number of carbonyl (C=O) groups is 1. The molecule has 1 aromatic heterocycles. The Kier molecular flexibility index (Phi) is 4.02. The van der Waals surface area contributed by atoms with E-state index in [4.69, 9.17) is 0 Å². The van der Waals surface area contributed by atoms with Gasteiger partial charge in [-0.25, -0.2) is 26.6 Å². The van der Waals surface area contributed by atoms with Crippen LogP contribution in [0, 0.1) is 36.0 Å². The highest BCUT2D eigenvalue weighted by Gasteiger charge is 2.43. The van der Waals surface area contributed by atoms with Crippen LogP contribution in [-0.2, 0) is 0 Å². The molecule has 0 aliphatic carbocycles. The number of Topliss-reactive ketones (excluding diaryl/α,β-unsaturated/α-hetero) is 1. The van der Waals surface area contributed by atoms with Gasteiger partial charge >= 0.3 is 6.18 Å². The van der Waals surface area contributed by atoms with E-state index in [1.165, 1.54) is 0 Å². The molecule has 0 saturated heterocycles. The molecule has 4 nitrogen and oxygen atoms in total. The van der Waals surface area contributed by atoms with Gasteiger partial charge in [-0.15, -0.1) is 0 Å². The lowest BCUT2D eigenvalue weighted by Crippen LogP contribution is -2.30. The number of alkyl halides is 3. The first-order valence-corrected chi connectivity index (χ1v) is 5.84. The number of aromatic amines is 1. The van der Waals surface area contributed by atoms with E-state index in [0.717, 1.165) is 6.92 Å². The van der Waals surface area contributed by atoms with Crippen molar-refractivity contribution in [3.05, 3.63) is 50.7 Å². The fourth-order valence-corrected chi connectivity index (χ4v) is 1.90. The molecule has 0 fully saturated rings. The molecule has 0 aliphatic rings. The van der Waals surface area contributed by atoms with Crippen LogP contribution in [0.15, 0.2) is 4.79 Å². The van der Waals surface area contributed by atoms with Gasteiger partial charge in [-0.2, -0.15) is 13.2 Å². The van der Waals surface area contributed by atoms with Gasteiger partial charge in [0.15, 0.2) is 23.3 Å². The molecule has 1 heterocycles. The molecule has 12 heteroatoms. The number of aromatic nitrogens is 2. The maximum atomic E-state index is 13.6. The monoisotopic (exact) mass is 360 g/mol. The summed E-state index contributed by atoms with van der Waals surface area (Å²) in [5, 5.41) is 1.69. The van der Waals surface area contributed by atoms with E-state index in [2.05, 4.69) is 0 Å². The highest BCUT2D eigenvalue weighted by Crippen LogP contribution is 2.26. The van der Waals surface area contributed by atoms with Crippen molar-refractivity contribution in [1.82, 2.24) is 9.78 Å². The van der Waals surface area contributed by atoms with Crippen molar-refractivity contribution in [3.63, 3.8) is 0 Å². The maximum Gasteiger partial charge on any atom is 0.455 e. The number of rotatable bonds is 2. The van der Waals surface area contributed by atoms with Crippen LogP contribution in [0.4, 0.5) is 35.1 Å². The van der Waals surface area contributed by atoms with Crippen LogP contribution >= 0.6 is 0 Å². The van der Waals surface area contributed by atoms with Crippen molar-refractivity contribution >= 4 is 5.78 Å². The van der Waals surface area contributed by atoms with Crippen LogP contribution < -0.4 is 5.56 Å². The predicted molar refractivity (Wildman–Crippen MR) is 61.3 cm³/mol. The average molecular weight is 360 g/mol. The number of aryl methyl sites for hydroxylation is 1. The van der Waals surface area contributed by atoms with E-state index >= 15 is 0 Å². The molecule has 0 amide bonds. The van der Waals surface area contributed by atoms with E-state index in [0.29, 0.717) is 0 Å². The molecule has 1 N–H and O–H groups in total. The summed E-state index contributed by atoms with van der Waals surface area (Å²) in [5.41, 5.74) is -6.06. The lowest BCUT2D eigenvalue weighted by atomic mass is 10.1. The van der Waals surface area contributed by atoms with Crippen LogP contribution in [0.1, 0.15) is 16.1 Å². The third-order valence-corrected chi connectivity index (χ3v) is 2.97. The summed E-state index contributed by atoms with van der Waals surface area (Å²) in [7, 11) is 0. The zero-order valence-corrected chi connectivity index (χ0v) is 11.3. The molecule has 0 atom stereocenters. The number of carbonyl (C=O) groups excluding carboxylic acids is 1. The van der Waals surface area contributed by atoms with Gasteiger partial charge in [0.05, 0.1) is 0 Å². The molecule has 130 valence electrons. The number of hydrogen-bond acceptors (Lipinski definition) is 2. The Balaban J connectivity index is 2.84. The highest BCUT2D eigenvalue weighted by atomic mass is 19.4. The number of hydrogen-bond donors (Lipinski definition) is 1. The van der Waals surface area contributed by atoms with Crippen molar-refractivity contribution in [1.29, 1.82) is 0 Å². The minimum absolute atomic E-state index is 0.357. The third kappa shape index (κ3) is 2.47. The summed E-state index contributed by atoms with van der Waals surface area (Å²) >= 11 is 0. The fraction of sp³-hybridized carbons (Fsp3) is 0.167. The molecule has 2 aromatic rings. The second-order valence-electron chi connectivity index (χ2n) is 4.50. The van der Waals surface area contributed by atoms with Gasteiger partial charge in [-0.1, -0.05) is 0 Å². The first-order valence-electron chi connectivity index (χ1n) is 5.84. The Morgan fingerprint density at radius 3 is 1.75 bits per heavy atom. The van der Waals surface area contributed by atoms with Gasteiger partial charge in [0, 0.05) is 5.69 Å². The Bertz CT molecular complexity index is 880. The summed E-state index contributed by atoms with van der Waals surface area (Å²) in [6, 6.07) is 0. The second kappa shape index (κ2) is 5.46. The normalized spacial score (nSPS) is 11.9. The Morgan fingerprint density at radius 2 is 1.33 bits per heavy atom. The number of halogens is 8. The predicted octanol–water partition coefficient (Wildman–Crippen LogP) is 2.91. The van der Waals surface area contributed by atoms with Gasteiger partial charge in [-0.3, -0.25) is 14.7 Å². The first-order chi connectivity index (χ1) is 10.9. The number of ketones is 1. The van der Waals surface area contributed by atoms with Crippen molar-refractivity contribution in [2.24, 2.45) is 0 Å². The summed E-state index contributed by atoms with van der Waals surface area (Å²) in [5.74, 6) is -14.9. The zero-order valence-electron chi connectivity index (χ0n) is 11.3. The molecule has 0 saturated carbocycles. The van der Waals surface area contributed by atoms with Gasteiger partial charge in [0.1, 0.15) is 11.3 Å². The second-order valence-corrected chi connectivity index (χ2v) is 4.50. The number of nitrogens with zero attached hydrogens (tertiary/aromatic N) is 1. The molecule has 0 unspecified atom stereocenters. The summed E-state index contributed by atoms with van der Waals surface area (Å²) < 4.78 is 103. The molecule has 2 rings (SSSR count). The van der Waals surface area contributed by atoms with Crippen LogP contribution in [0.25, 0.3) is 5.69 Å². The largest absolute Gasteiger partial charge is 0.455 e. The lowest BCUT2D eigenvalue weighted by molar-refractivity contribution is -0.0886. The molecular formula is C12H4F8N2O2. The van der Waals surface area contributed by atoms with E-state index in [-0.39, 0.29) is 4.68 Å². The van der Waals surface area contributed by atoms with Crippen LogP contribution in [0.2, 0.25) is 0 Å². The van der Waals surface area contributed by atoms with Gasteiger partial charge in [0.25, 0.3) is 11.3 Å². The van der Waals surface area contributed by atoms with E-state index in [9.17, 15) is 44.7 Å². The van der Waals surface area contributed by atoms with Gasteiger partial charge in [-0.05, 0) is 6.92 Å². The Labute approximate surface area is 126 Å². The third-order valence-electron chi connectivity index (χ3n) is 2.97. The summed E-state index contributed by atoms with van der Waals surface area (Å²) in [4.78, 5) is 23.0. The van der Waals surface area contributed by atoms with Gasteiger partial charge < -0.3 is 0 Å². The summed E-state index contributed by atoms with van der Waals surface area (Å²) in [6.45, 7) is 0.781. The molecule has 24 heavy (non-hydrogen) atoms. The lowest BCUT2D eigenvalue weighted by Gasteiger charge is -2.08. The molecular weight excluding hydrogens is 356 g/mol. The van der Waals surface area contributed by atoms with Crippen LogP contribution in [0.5, 0.6) is 0 Å². The molecule has 0 aliphatic heterocycles. The van der Waals surface area contributed by atoms with Crippen LogP contribution in [0.3, 0.4) is 0 Å². The highest BCUT2D eigenvalue weighted by molar-refractivity contribution is 6.00. The zero-order chi connectivity index (χ0) is 18.6. The number of H-pyrrole nitrogens is 1. The number of nitrogens with one attached hydrogen (secondary N) is 1. The molecule has 0 bridgehead atoms. The Morgan fingerprint density at radius 1 is 0.917 bits per heavy atom. The SMILES string of the molecule is Cc1[nH]n(-c2c(F)c(F)c(F)c(F)c2F)c(=O)c1C(=O)C(F)(F)F. The van der Waals surface area contributed by atoms with E-state index in [1.54, 1.807) is 5.10 Å². The minimum Gasteiger partial charge on any atom is -0.294 e. The molecule has 0 radical (unpaired) electrons. The smallest absolute Gasteiger partial charge is 0.294 e. The fourth-order valence-electron chi connectivity index (χ4n) is 1.90. The minimum atomic E-state index is -5.49. The summed E-state index contributed by atoms with van der Waals surface area (Å²) in [6.07, 6.45) is -5.49. The molecule has 0 spiro atoms. The van der Waals surface area contributed by atoms with Crippen molar-refractivity contribution in [2.75, 3.05) is 0 Å². The Hall–Kier alpha value is -2.66.